The molecule has 0 aliphatic carbocycles. The van der Waals surface area contributed by atoms with Gasteiger partial charge in [0.1, 0.15) is 17.4 Å². The number of amides is 1. The minimum absolute atomic E-state index is 0.0759. The molecule has 0 radical (unpaired) electrons. The largest absolute Gasteiger partial charge is 0.497 e. The summed E-state index contributed by atoms with van der Waals surface area (Å²) in [7, 11) is 1.55. The summed E-state index contributed by atoms with van der Waals surface area (Å²) in [5, 5.41) is 12.4. The highest BCUT2D eigenvalue weighted by Gasteiger charge is 2.14. The summed E-state index contributed by atoms with van der Waals surface area (Å²) in [6.45, 7) is 0.425. The molecule has 0 aliphatic heterocycles. The molecule has 1 heterocycles. The first-order valence-corrected chi connectivity index (χ1v) is 9.71. The third-order valence-electron chi connectivity index (χ3n) is 4.05. The monoisotopic (exact) mass is 406 g/mol. The molecule has 7 nitrogen and oxygen atoms in total. The lowest BCUT2D eigenvalue weighted by Gasteiger charge is -2.08. The lowest BCUT2D eigenvalue weighted by atomic mass is 10.1. The highest BCUT2D eigenvalue weighted by Crippen LogP contribution is 2.24. The number of H-pyrrole nitrogens is 1. The number of nitrogens with one attached hydrogen (secondary N) is 2. The first-order chi connectivity index (χ1) is 14.1. The molecule has 29 heavy (non-hydrogen) atoms. The zero-order chi connectivity index (χ0) is 20.6. The lowest BCUT2D eigenvalue weighted by molar-refractivity contribution is -0.118. The molecular weight excluding hydrogens is 388 g/mol. The molecule has 0 aliphatic rings. The van der Waals surface area contributed by atoms with Crippen molar-refractivity contribution in [2.45, 2.75) is 11.7 Å². The summed E-state index contributed by atoms with van der Waals surface area (Å²) in [6.07, 6.45) is 0. The van der Waals surface area contributed by atoms with Crippen LogP contribution >= 0.6 is 11.8 Å². The average Bonchev–Trinajstić information content (AvgIpc) is 2.76. The van der Waals surface area contributed by atoms with E-state index < -0.39 is 5.56 Å². The maximum atomic E-state index is 12.3. The fourth-order valence-corrected chi connectivity index (χ4v) is 3.25. The van der Waals surface area contributed by atoms with Crippen LogP contribution in [0.3, 0.4) is 0 Å². The second-order valence-electron chi connectivity index (χ2n) is 5.99. The third-order valence-corrected chi connectivity index (χ3v) is 4.92. The normalized spacial score (nSPS) is 10.2. The lowest BCUT2D eigenvalue weighted by Crippen LogP contribution is -2.25. The van der Waals surface area contributed by atoms with Crippen LogP contribution in [0.5, 0.6) is 5.75 Å². The van der Waals surface area contributed by atoms with Crippen LogP contribution in [-0.4, -0.2) is 28.7 Å². The van der Waals surface area contributed by atoms with E-state index in [0.717, 1.165) is 17.3 Å². The van der Waals surface area contributed by atoms with Gasteiger partial charge in [0, 0.05) is 12.1 Å². The Morgan fingerprint density at radius 1 is 1.21 bits per heavy atom. The van der Waals surface area contributed by atoms with Crippen molar-refractivity contribution in [1.29, 1.82) is 5.26 Å². The fourth-order valence-electron chi connectivity index (χ4n) is 2.56. The summed E-state index contributed by atoms with van der Waals surface area (Å²) < 4.78 is 5.13. The minimum atomic E-state index is -0.541. The summed E-state index contributed by atoms with van der Waals surface area (Å²) >= 11 is 1.10. The number of methoxy groups -OCH3 is 1. The van der Waals surface area contributed by atoms with Crippen LogP contribution in [0.25, 0.3) is 11.3 Å². The zero-order valence-electron chi connectivity index (χ0n) is 15.6. The van der Waals surface area contributed by atoms with Gasteiger partial charge in [-0.05, 0) is 29.8 Å². The summed E-state index contributed by atoms with van der Waals surface area (Å²) in [4.78, 5) is 31.3. The van der Waals surface area contributed by atoms with Crippen LogP contribution in [0.4, 0.5) is 0 Å². The van der Waals surface area contributed by atoms with E-state index in [1.54, 1.807) is 31.4 Å². The SMILES string of the molecule is COc1ccc(-c2nc(SCC(=O)NCc3ccccc3)[nH]c(=O)c2C#N)cc1. The number of ether oxygens (including phenoxy) is 1. The van der Waals surface area contributed by atoms with E-state index in [2.05, 4.69) is 15.3 Å². The van der Waals surface area contributed by atoms with Crippen molar-refractivity contribution in [3.63, 3.8) is 0 Å². The van der Waals surface area contributed by atoms with Gasteiger partial charge < -0.3 is 15.0 Å². The van der Waals surface area contributed by atoms with Gasteiger partial charge in [-0.2, -0.15) is 5.26 Å². The number of aromatic nitrogens is 2. The zero-order valence-corrected chi connectivity index (χ0v) is 16.5. The Labute approximate surface area is 171 Å². The number of carbonyl (C=O) groups is 1. The Hall–Kier alpha value is -3.57. The maximum Gasteiger partial charge on any atom is 0.270 e. The topological polar surface area (TPSA) is 108 Å². The molecule has 3 rings (SSSR count). The van der Waals surface area contributed by atoms with Gasteiger partial charge in [-0.1, -0.05) is 42.1 Å². The number of rotatable bonds is 7. The number of carbonyl (C=O) groups excluding carboxylic acids is 1. The Morgan fingerprint density at radius 2 is 1.93 bits per heavy atom. The molecule has 1 aromatic heterocycles. The van der Waals surface area contributed by atoms with E-state index in [1.807, 2.05) is 36.4 Å². The molecule has 8 heteroatoms. The summed E-state index contributed by atoms with van der Waals surface area (Å²) in [6, 6.07) is 18.4. The quantitative estimate of drug-likeness (QED) is 0.461. The van der Waals surface area contributed by atoms with Crippen molar-refractivity contribution in [3.8, 4) is 23.1 Å². The van der Waals surface area contributed by atoms with Gasteiger partial charge in [0.05, 0.1) is 18.6 Å². The number of nitriles is 1. The molecular formula is C21H18N4O3S. The molecule has 0 saturated carbocycles. The summed E-state index contributed by atoms with van der Waals surface area (Å²) in [5.41, 5.74) is 1.26. The predicted octanol–water partition coefficient (Wildman–Crippen LogP) is 2.73. The van der Waals surface area contributed by atoms with E-state index in [0.29, 0.717) is 17.9 Å². The fraction of sp³-hybridized carbons (Fsp3) is 0.143. The first-order valence-electron chi connectivity index (χ1n) is 8.73. The molecule has 0 atom stereocenters. The average molecular weight is 406 g/mol. The number of hydrogen-bond donors (Lipinski definition) is 2. The van der Waals surface area contributed by atoms with Crippen molar-refractivity contribution in [2.75, 3.05) is 12.9 Å². The Morgan fingerprint density at radius 3 is 2.59 bits per heavy atom. The molecule has 0 bridgehead atoms. The van der Waals surface area contributed by atoms with Crippen molar-refractivity contribution in [2.24, 2.45) is 0 Å². The highest BCUT2D eigenvalue weighted by atomic mass is 32.2. The van der Waals surface area contributed by atoms with Crippen molar-refractivity contribution >= 4 is 17.7 Å². The second-order valence-corrected chi connectivity index (χ2v) is 6.95. The van der Waals surface area contributed by atoms with Crippen molar-refractivity contribution in [1.82, 2.24) is 15.3 Å². The number of aromatic amines is 1. The standard InChI is InChI=1S/C21H18N4O3S/c1-28-16-9-7-15(8-10-16)19-17(11-22)20(27)25-21(24-19)29-13-18(26)23-12-14-5-3-2-4-6-14/h2-10H,12-13H2,1H3,(H,23,26)(H,24,25,27). The maximum absolute atomic E-state index is 12.3. The highest BCUT2D eigenvalue weighted by molar-refractivity contribution is 7.99. The Balaban J connectivity index is 1.72. The van der Waals surface area contributed by atoms with Gasteiger partial charge in [0.25, 0.3) is 5.56 Å². The van der Waals surface area contributed by atoms with Gasteiger partial charge in [-0.3, -0.25) is 9.59 Å². The van der Waals surface area contributed by atoms with Gasteiger partial charge in [-0.15, -0.1) is 0 Å². The molecule has 1 amide bonds. The van der Waals surface area contributed by atoms with E-state index in [-0.39, 0.29) is 28.1 Å². The molecule has 2 N–H and O–H groups in total. The van der Waals surface area contributed by atoms with Gasteiger partial charge in [-0.25, -0.2) is 4.98 Å². The Bertz CT molecular complexity index is 1090. The summed E-state index contributed by atoms with van der Waals surface area (Å²) in [5.74, 6) is 0.558. The number of hydrogen-bond acceptors (Lipinski definition) is 6. The van der Waals surface area contributed by atoms with E-state index >= 15 is 0 Å². The van der Waals surface area contributed by atoms with Crippen molar-refractivity contribution in [3.05, 3.63) is 76.1 Å². The molecule has 0 saturated heterocycles. The van der Waals surface area contributed by atoms with Crippen molar-refractivity contribution < 1.29 is 9.53 Å². The van der Waals surface area contributed by atoms with Crippen LogP contribution in [0.2, 0.25) is 0 Å². The van der Waals surface area contributed by atoms with Crippen LogP contribution in [-0.2, 0) is 11.3 Å². The molecule has 0 unspecified atom stereocenters. The smallest absolute Gasteiger partial charge is 0.270 e. The molecule has 2 aromatic carbocycles. The van der Waals surface area contributed by atoms with Gasteiger partial charge in [0.2, 0.25) is 5.91 Å². The van der Waals surface area contributed by atoms with E-state index in [9.17, 15) is 14.9 Å². The molecule has 0 spiro atoms. The Kier molecular flexibility index (Phi) is 6.66. The van der Waals surface area contributed by atoms with Crippen LogP contribution in [0.15, 0.2) is 64.5 Å². The molecule has 3 aromatic rings. The van der Waals surface area contributed by atoms with Crippen LogP contribution in [0.1, 0.15) is 11.1 Å². The van der Waals surface area contributed by atoms with E-state index in [1.165, 1.54) is 0 Å². The van der Waals surface area contributed by atoms with E-state index in [4.69, 9.17) is 4.74 Å². The predicted molar refractivity (Wildman–Crippen MR) is 111 cm³/mol. The first kappa shape index (κ1) is 20.2. The van der Waals surface area contributed by atoms with Gasteiger partial charge >= 0.3 is 0 Å². The third kappa shape index (κ3) is 5.24. The van der Waals surface area contributed by atoms with Crippen LogP contribution < -0.4 is 15.6 Å². The number of nitrogens with zero attached hydrogens (tertiary/aromatic N) is 2. The van der Waals surface area contributed by atoms with Gasteiger partial charge in [0.15, 0.2) is 5.16 Å². The number of thioether (sulfide) groups is 1. The van der Waals surface area contributed by atoms with Crippen LogP contribution in [0, 0.1) is 11.3 Å². The molecule has 0 fully saturated rings. The molecule has 146 valence electrons. The second kappa shape index (κ2) is 9.57. The number of benzene rings is 2. The minimum Gasteiger partial charge on any atom is -0.497 e.